The molecule has 0 atom stereocenters. The summed E-state index contributed by atoms with van der Waals surface area (Å²) in [5, 5.41) is 3.97. The van der Waals surface area contributed by atoms with Crippen LogP contribution in [0, 0.1) is 0 Å². The first-order valence-corrected chi connectivity index (χ1v) is 9.73. The van der Waals surface area contributed by atoms with E-state index in [-0.39, 0.29) is 5.56 Å². The maximum absolute atomic E-state index is 12.5. The van der Waals surface area contributed by atoms with Crippen molar-refractivity contribution in [3.8, 4) is 11.5 Å². The highest BCUT2D eigenvalue weighted by molar-refractivity contribution is 9.10. The van der Waals surface area contributed by atoms with Crippen molar-refractivity contribution in [2.45, 2.75) is 0 Å². The Hall–Kier alpha value is -3.09. The molecule has 1 heterocycles. The van der Waals surface area contributed by atoms with Crippen LogP contribution < -0.4 is 15.7 Å². The fourth-order valence-corrected chi connectivity index (χ4v) is 3.20. The summed E-state index contributed by atoms with van der Waals surface area (Å²) in [5.41, 5.74) is 0.169. The van der Waals surface area contributed by atoms with Gasteiger partial charge in [-0.05, 0) is 72.8 Å². The lowest BCUT2D eigenvalue weighted by Crippen LogP contribution is -2.20. The van der Waals surface area contributed by atoms with E-state index in [4.69, 9.17) is 20.8 Å². The van der Waals surface area contributed by atoms with Crippen LogP contribution >= 0.6 is 27.5 Å². The van der Waals surface area contributed by atoms with Crippen molar-refractivity contribution in [3.63, 3.8) is 0 Å². The van der Waals surface area contributed by atoms with E-state index < -0.39 is 11.5 Å². The van der Waals surface area contributed by atoms with E-state index >= 15 is 0 Å². The number of fused-ring (bicyclic) bond motifs is 1. The molecular formula is C22H13BrClNO4. The van der Waals surface area contributed by atoms with Gasteiger partial charge in [0.2, 0.25) is 0 Å². The van der Waals surface area contributed by atoms with Gasteiger partial charge < -0.3 is 14.5 Å². The third kappa shape index (κ3) is 4.50. The number of carbonyl (C=O) groups is 1. The van der Waals surface area contributed by atoms with Gasteiger partial charge in [0.25, 0.3) is 5.91 Å². The second-order valence-corrected chi connectivity index (χ2v) is 7.52. The minimum Gasteiger partial charge on any atom is -0.457 e. The minimum absolute atomic E-state index is 0.0721. The minimum atomic E-state index is -0.694. The maximum Gasteiger partial charge on any atom is 0.349 e. The SMILES string of the molecule is O=C(Nc1ccc(Oc2ccc(Cl)cc2)cc1)c1cc2cc(Br)ccc2oc1=O. The quantitative estimate of drug-likeness (QED) is 0.358. The number of ether oxygens (including phenoxy) is 1. The molecule has 144 valence electrons. The second-order valence-electron chi connectivity index (χ2n) is 6.16. The zero-order chi connectivity index (χ0) is 20.4. The van der Waals surface area contributed by atoms with Gasteiger partial charge in [-0.2, -0.15) is 0 Å². The number of anilines is 1. The highest BCUT2D eigenvalue weighted by Gasteiger charge is 2.14. The Labute approximate surface area is 179 Å². The number of nitrogens with one attached hydrogen (secondary N) is 1. The van der Waals surface area contributed by atoms with E-state index in [0.717, 1.165) is 4.47 Å². The third-order valence-electron chi connectivity index (χ3n) is 4.10. The zero-order valence-electron chi connectivity index (χ0n) is 14.8. The highest BCUT2D eigenvalue weighted by Crippen LogP contribution is 2.25. The molecular weight excluding hydrogens is 458 g/mol. The lowest BCUT2D eigenvalue weighted by atomic mass is 10.1. The fourth-order valence-electron chi connectivity index (χ4n) is 2.70. The molecule has 1 aromatic heterocycles. The van der Waals surface area contributed by atoms with Gasteiger partial charge in [-0.25, -0.2) is 4.79 Å². The number of hydrogen-bond donors (Lipinski definition) is 1. The average molecular weight is 471 g/mol. The summed E-state index contributed by atoms with van der Waals surface area (Å²) >= 11 is 9.22. The summed E-state index contributed by atoms with van der Waals surface area (Å²) in [7, 11) is 0. The summed E-state index contributed by atoms with van der Waals surface area (Å²) in [5.74, 6) is 0.693. The van der Waals surface area contributed by atoms with E-state index in [1.165, 1.54) is 6.07 Å². The van der Waals surface area contributed by atoms with E-state index in [0.29, 0.717) is 33.2 Å². The van der Waals surface area contributed by atoms with E-state index in [9.17, 15) is 9.59 Å². The molecule has 29 heavy (non-hydrogen) atoms. The molecule has 0 fully saturated rings. The van der Waals surface area contributed by atoms with Crippen LogP contribution in [-0.2, 0) is 0 Å². The Kier molecular flexibility index (Phi) is 5.38. The van der Waals surface area contributed by atoms with Gasteiger partial charge in [-0.15, -0.1) is 0 Å². The van der Waals surface area contributed by atoms with Crippen molar-refractivity contribution in [2.75, 3.05) is 5.32 Å². The number of benzene rings is 3. The number of amides is 1. The van der Waals surface area contributed by atoms with Crippen LogP contribution in [0.25, 0.3) is 11.0 Å². The summed E-state index contributed by atoms with van der Waals surface area (Å²) < 4.78 is 11.8. The maximum atomic E-state index is 12.5. The molecule has 0 aliphatic carbocycles. The summed E-state index contributed by atoms with van der Waals surface area (Å²) in [4.78, 5) is 24.7. The Bertz CT molecular complexity index is 1250. The van der Waals surface area contributed by atoms with Gasteiger partial charge in [0, 0.05) is 20.6 Å². The average Bonchev–Trinajstić information content (AvgIpc) is 2.71. The first-order chi connectivity index (χ1) is 14.0. The van der Waals surface area contributed by atoms with Crippen LogP contribution in [0.4, 0.5) is 5.69 Å². The van der Waals surface area contributed by atoms with Crippen LogP contribution in [-0.4, -0.2) is 5.91 Å². The number of rotatable bonds is 4. The normalized spacial score (nSPS) is 10.7. The van der Waals surface area contributed by atoms with Crippen LogP contribution in [0.2, 0.25) is 5.02 Å². The van der Waals surface area contributed by atoms with Gasteiger partial charge in [0.1, 0.15) is 22.6 Å². The van der Waals surface area contributed by atoms with Crippen molar-refractivity contribution in [1.82, 2.24) is 0 Å². The summed E-state index contributed by atoms with van der Waals surface area (Å²) in [6.07, 6.45) is 0. The lowest BCUT2D eigenvalue weighted by Gasteiger charge is -2.08. The van der Waals surface area contributed by atoms with Crippen molar-refractivity contribution in [1.29, 1.82) is 0 Å². The van der Waals surface area contributed by atoms with Crippen LogP contribution in [0.5, 0.6) is 11.5 Å². The molecule has 0 saturated heterocycles. The molecule has 4 aromatic rings. The number of carbonyl (C=O) groups excluding carboxylic acids is 1. The highest BCUT2D eigenvalue weighted by atomic mass is 79.9. The molecule has 0 aliphatic rings. The molecule has 1 N–H and O–H groups in total. The van der Waals surface area contributed by atoms with Gasteiger partial charge in [0.05, 0.1) is 0 Å². The van der Waals surface area contributed by atoms with Crippen molar-refractivity contribution in [3.05, 3.63) is 98.3 Å². The third-order valence-corrected chi connectivity index (χ3v) is 4.85. The zero-order valence-corrected chi connectivity index (χ0v) is 17.2. The number of halogens is 2. The molecule has 0 saturated carbocycles. The largest absolute Gasteiger partial charge is 0.457 e. The molecule has 1 amide bonds. The predicted octanol–water partition coefficient (Wildman–Crippen LogP) is 6.25. The van der Waals surface area contributed by atoms with Gasteiger partial charge >= 0.3 is 5.63 Å². The molecule has 0 unspecified atom stereocenters. The Morgan fingerprint density at radius 1 is 0.931 bits per heavy atom. The molecule has 5 nitrogen and oxygen atoms in total. The Balaban J connectivity index is 1.51. The van der Waals surface area contributed by atoms with Crippen LogP contribution in [0.15, 0.2) is 86.5 Å². The lowest BCUT2D eigenvalue weighted by molar-refractivity contribution is 0.102. The van der Waals surface area contributed by atoms with Crippen molar-refractivity contribution >= 4 is 50.1 Å². The topological polar surface area (TPSA) is 68.5 Å². The Morgan fingerprint density at radius 3 is 2.28 bits per heavy atom. The smallest absolute Gasteiger partial charge is 0.349 e. The van der Waals surface area contributed by atoms with E-state index in [1.807, 2.05) is 0 Å². The van der Waals surface area contributed by atoms with Crippen molar-refractivity contribution < 1.29 is 13.9 Å². The second kappa shape index (κ2) is 8.11. The van der Waals surface area contributed by atoms with Gasteiger partial charge in [0.15, 0.2) is 0 Å². The van der Waals surface area contributed by atoms with Crippen LogP contribution in [0.1, 0.15) is 10.4 Å². The Morgan fingerprint density at radius 2 is 1.59 bits per heavy atom. The summed E-state index contributed by atoms with van der Waals surface area (Å²) in [6, 6.07) is 20.5. The first kappa shape index (κ1) is 19.2. The van der Waals surface area contributed by atoms with Crippen LogP contribution in [0.3, 0.4) is 0 Å². The van der Waals surface area contributed by atoms with Gasteiger partial charge in [-0.3, -0.25) is 4.79 Å². The predicted molar refractivity (Wildman–Crippen MR) is 116 cm³/mol. The first-order valence-electron chi connectivity index (χ1n) is 8.56. The molecule has 4 rings (SSSR count). The monoisotopic (exact) mass is 469 g/mol. The summed E-state index contributed by atoms with van der Waals surface area (Å²) in [6.45, 7) is 0. The molecule has 3 aromatic carbocycles. The molecule has 0 radical (unpaired) electrons. The molecule has 7 heteroatoms. The molecule has 0 spiro atoms. The van der Waals surface area contributed by atoms with Gasteiger partial charge in [-0.1, -0.05) is 27.5 Å². The number of hydrogen-bond acceptors (Lipinski definition) is 4. The van der Waals surface area contributed by atoms with Crippen molar-refractivity contribution in [2.24, 2.45) is 0 Å². The van der Waals surface area contributed by atoms with E-state index in [2.05, 4.69) is 21.2 Å². The molecule has 0 bridgehead atoms. The fraction of sp³-hybridized carbons (Fsp3) is 0. The molecule has 0 aliphatic heterocycles. The standard InChI is InChI=1S/C22H13BrClNO4/c23-14-1-10-20-13(11-14)12-19(22(27)29-20)21(26)25-16-4-8-18(9-5-16)28-17-6-2-15(24)3-7-17/h1-12H,(H,25,26). The van der Waals surface area contributed by atoms with E-state index in [1.54, 1.807) is 66.7 Å².